The van der Waals surface area contributed by atoms with Crippen molar-refractivity contribution >= 4 is 10.0 Å². The molecule has 0 radical (unpaired) electrons. The third-order valence-corrected chi connectivity index (χ3v) is 5.22. The molecule has 0 saturated heterocycles. The molecule has 0 aliphatic heterocycles. The summed E-state index contributed by atoms with van der Waals surface area (Å²) in [6.07, 6.45) is 4.70. The van der Waals surface area contributed by atoms with Crippen LogP contribution < -0.4 is 10.5 Å². The number of nitrogens with one attached hydrogen (secondary N) is 1. The fourth-order valence-corrected chi connectivity index (χ4v) is 3.33. The van der Waals surface area contributed by atoms with Crippen LogP contribution >= 0.6 is 0 Å². The molecule has 1 aromatic rings. The number of hydrogen-bond acceptors (Lipinski definition) is 3. The summed E-state index contributed by atoms with van der Waals surface area (Å²) in [5.74, 6) is 0.707. The zero-order chi connectivity index (χ0) is 13.9. The smallest absolute Gasteiger partial charge is 0.240 e. The Hall–Kier alpha value is -0.910. The van der Waals surface area contributed by atoms with Crippen LogP contribution in [0.15, 0.2) is 29.2 Å². The second kappa shape index (κ2) is 6.03. The van der Waals surface area contributed by atoms with Gasteiger partial charge in [-0.25, -0.2) is 13.1 Å². The Labute approximate surface area is 115 Å². The summed E-state index contributed by atoms with van der Waals surface area (Å²) in [5, 5.41) is 0. The highest BCUT2D eigenvalue weighted by atomic mass is 32.2. The van der Waals surface area contributed by atoms with Gasteiger partial charge in [0.15, 0.2) is 0 Å². The Balaban J connectivity index is 1.99. The lowest BCUT2D eigenvalue weighted by Crippen LogP contribution is -2.27. The summed E-state index contributed by atoms with van der Waals surface area (Å²) < 4.78 is 27.0. The summed E-state index contributed by atoms with van der Waals surface area (Å²) in [4.78, 5) is 0.302. The van der Waals surface area contributed by atoms with Gasteiger partial charge in [-0.1, -0.05) is 31.4 Å². The molecule has 0 bridgehead atoms. The lowest BCUT2D eigenvalue weighted by atomic mass is 9.83. The first-order chi connectivity index (χ1) is 8.99. The van der Waals surface area contributed by atoms with Crippen LogP contribution in [0.4, 0.5) is 0 Å². The minimum Gasteiger partial charge on any atom is -0.324 e. The van der Waals surface area contributed by atoms with E-state index >= 15 is 0 Å². The average molecular weight is 282 g/mol. The van der Waals surface area contributed by atoms with E-state index in [-0.39, 0.29) is 6.04 Å². The van der Waals surface area contributed by atoms with E-state index in [4.69, 9.17) is 5.73 Å². The van der Waals surface area contributed by atoms with E-state index in [1.165, 1.54) is 19.3 Å². The van der Waals surface area contributed by atoms with Crippen LogP contribution in [-0.4, -0.2) is 15.0 Å². The first-order valence-electron chi connectivity index (χ1n) is 6.84. The first-order valence-corrected chi connectivity index (χ1v) is 8.32. The van der Waals surface area contributed by atoms with Crippen LogP contribution in [0.2, 0.25) is 0 Å². The SMILES string of the molecule is CC(N)c1cccc(S(=O)(=O)NCCC2CCC2)c1. The second-order valence-electron chi connectivity index (χ2n) is 5.34. The van der Waals surface area contributed by atoms with Gasteiger partial charge in [-0.3, -0.25) is 0 Å². The van der Waals surface area contributed by atoms with Gasteiger partial charge in [0.05, 0.1) is 4.90 Å². The van der Waals surface area contributed by atoms with Gasteiger partial charge in [0.1, 0.15) is 0 Å². The van der Waals surface area contributed by atoms with Crippen molar-refractivity contribution in [2.45, 2.75) is 43.5 Å². The quantitative estimate of drug-likeness (QED) is 0.840. The zero-order valence-electron chi connectivity index (χ0n) is 11.3. The zero-order valence-corrected chi connectivity index (χ0v) is 12.1. The average Bonchev–Trinajstić information content (AvgIpc) is 2.32. The molecular weight excluding hydrogens is 260 g/mol. The molecule has 0 heterocycles. The molecule has 1 aromatic carbocycles. The van der Waals surface area contributed by atoms with Crippen LogP contribution in [0.25, 0.3) is 0 Å². The summed E-state index contributed by atoms with van der Waals surface area (Å²) in [6.45, 7) is 2.37. The van der Waals surface area contributed by atoms with Crippen molar-refractivity contribution in [2.24, 2.45) is 11.7 Å². The first kappa shape index (κ1) is 14.5. The van der Waals surface area contributed by atoms with Gasteiger partial charge in [0.2, 0.25) is 10.0 Å². The molecule has 3 N–H and O–H groups in total. The van der Waals surface area contributed by atoms with E-state index in [9.17, 15) is 8.42 Å². The van der Waals surface area contributed by atoms with Crippen molar-refractivity contribution < 1.29 is 8.42 Å². The number of nitrogens with two attached hydrogens (primary N) is 1. The molecule has 0 spiro atoms. The molecule has 5 heteroatoms. The minimum absolute atomic E-state index is 0.162. The predicted octanol–water partition coefficient (Wildman–Crippen LogP) is 2.17. The van der Waals surface area contributed by atoms with Crippen molar-refractivity contribution in [3.8, 4) is 0 Å². The van der Waals surface area contributed by atoms with Crippen molar-refractivity contribution in [1.29, 1.82) is 0 Å². The summed E-state index contributed by atoms with van der Waals surface area (Å²) in [7, 11) is -3.40. The maximum Gasteiger partial charge on any atom is 0.240 e. The van der Waals surface area contributed by atoms with E-state index in [0.29, 0.717) is 17.4 Å². The van der Waals surface area contributed by atoms with Crippen LogP contribution in [0, 0.1) is 5.92 Å². The summed E-state index contributed by atoms with van der Waals surface area (Å²) in [5.41, 5.74) is 6.61. The van der Waals surface area contributed by atoms with Gasteiger partial charge < -0.3 is 5.73 Å². The van der Waals surface area contributed by atoms with Gasteiger partial charge in [-0.05, 0) is 37.0 Å². The molecule has 0 amide bonds. The monoisotopic (exact) mass is 282 g/mol. The van der Waals surface area contributed by atoms with Crippen molar-refractivity contribution in [3.05, 3.63) is 29.8 Å². The number of sulfonamides is 1. The van der Waals surface area contributed by atoms with Gasteiger partial charge in [0, 0.05) is 12.6 Å². The fourth-order valence-electron chi connectivity index (χ4n) is 2.23. The highest BCUT2D eigenvalue weighted by molar-refractivity contribution is 7.89. The molecule has 1 unspecified atom stereocenters. The van der Waals surface area contributed by atoms with E-state index in [0.717, 1.165) is 12.0 Å². The molecule has 2 rings (SSSR count). The highest BCUT2D eigenvalue weighted by Crippen LogP contribution is 2.28. The lowest BCUT2D eigenvalue weighted by Gasteiger charge is -2.25. The van der Waals surface area contributed by atoms with E-state index in [1.807, 2.05) is 13.0 Å². The molecule has 1 fully saturated rings. The third kappa shape index (κ3) is 3.78. The largest absolute Gasteiger partial charge is 0.324 e. The van der Waals surface area contributed by atoms with Crippen LogP contribution in [0.1, 0.15) is 44.2 Å². The molecule has 1 aliphatic carbocycles. The van der Waals surface area contributed by atoms with E-state index < -0.39 is 10.0 Å². The summed E-state index contributed by atoms with van der Waals surface area (Å²) >= 11 is 0. The fraction of sp³-hybridized carbons (Fsp3) is 0.571. The minimum atomic E-state index is -3.40. The number of hydrogen-bond donors (Lipinski definition) is 2. The normalized spacial score (nSPS) is 18.0. The second-order valence-corrected chi connectivity index (χ2v) is 7.11. The van der Waals surface area contributed by atoms with Crippen molar-refractivity contribution in [1.82, 2.24) is 4.72 Å². The molecule has 19 heavy (non-hydrogen) atoms. The molecule has 1 saturated carbocycles. The topological polar surface area (TPSA) is 72.2 Å². The van der Waals surface area contributed by atoms with Gasteiger partial charge >= 0.3 is 0 Å². The van der Waals surface area contributed by atoms with Gasteiger partial charge in [0.25, 0.3) is 0 Å². The van der Waals surface area contributed by atoms with E-state index in [1.54, 1.807) is 18.2 Å². The Bertz CT molecular complexity index is 522. The number of benzene rings is 1. The molecule has 1 atom stereocenters. The molecule has 1 aliphatic rings. The summed E-state index contributed by atoms with van der Waals surface area (Å²) in [6, 6.07) is 6.68. The molecule has 0 aromatic heterocycles. The highest BCUT2D eigenvalue weighted by Gasteiger charge is 2.19. The van der Waals surface area contributed by atoms with Crippen LogP contribution in [0.3, 0.4) is 0 Å². The standard InChI is InChI=1S/C14H22N2O2S/c1-11(15)13-6-3-7-14(10-13)19(17,18)16-9-8-12-4-2-5-12/h3,6-7,10-12,16H,2,4-5,8-9,15H2,1H3. The maximum atomic E-state index is 12.1. The third-order valence-electron chi connectivity index (χ3n) is 3.76. The molecular formula is C14H22N2O2S. The number of rotatable bonds is 6. The Kier molecular flexibility index (Phi) is 4.60. The van der Waals surface area contributed by atoms with Crippen LogP contribution in [0.5, 0.6) is 0 Å². The van der Waals surface area contributed by atoms with E-state index in [2.05, 4.69) is 4.72 Å². The Morgan fingerprint density at radius 2 is 2.16 bits per heavy atom. The van der Waals surface area contributed by atoms with Crippen molar-refractivity contribution in [2.75, 3.05) is 6.54 Å². The van der Waals surface area contributed by atoms with Gasteiger partial charge in [-0.15, -0.1) is 0 Å². The van der Waals surface area contributed by atoms with Crippen LogP contribution in [-0.2, 0) is 10.0 Å². The molecule has 106 valence electrons. The lowest BCUT2D eigenvalue weighted by molar-refractivity contribution is 0.297. The molecule has 4 nitrogen and oxygen atoms in total. The predicted molar refractivity (Wildman–Crippen MR) is 76.2 cm³/mol. The Morgan fingerprint density at radius 3 is 2.74 bits per heavy atom. The Morgan fingerprint density at radius 1 is 1.42 bits per heavy atom. The van der Waals surface area contributed by atoms with Gasteiger partial charge in [-0.2, -0.15) is 0 Å². The van der Waals surface area contributed by atoms with Crippen molar-refractivity contribution in [3.63, 3.8) is 0 Å². The maximum absolute atomic E-state index is 12.1.